The molecule has 92 valence electrons. The summed E-state index contributed by atoms with van der Waals surface area (Å²) >= 11 is 0. The smallest absolute Gasteiger partial charge is 0.305 e. The van der Waals surface area contributed by atoms with Crippen LogP contribution in [0.4, 0.5) is 0 Å². The Bertz CT molecular complexity index is 738. The zero-order valence-electron chi connectivity index (χ0n) is 9.81. The van der Waals surface area contributed by atoms with E-state index in [9.17, 15) is 15.3 Å². The molecular formula is C14H13NO3. The third kappa shape index (κ3) is 1.51. The monoisotopic (exact) mass is 243 g/mol. The SMILES string of the molecule is Cc1ccc2[nH]c3ccccc3c2c1C(O)(O)O. The normalized spacial score (nSPS) is 12.4. The van der Waals surface area contributed by atoms with Crippen molar-refractivity contribution in [3.8, 4) is 0 Å². The van der Waals surface area contributed by atoms with Gasteiger partial charge in [-0.15, -0.1) is 0 Å². The molecule has 0 saturated carbocycles. The minimum Gasteiger partial charge on any atom is -0.354 e. The molecule has 3 aromatic rings. The zero-order chi connectivity index (χ0) is 12.9. The first-order chi connectivity index (χ1) is 8.48. The first-order valence-electron chi connectivity index (χ1n) is 5.66. The maximum absolute atomic E-state index is 9.54. The fourth-order valence-electron chi connectivity index (χ4n) is 2.48. The van der Waals surface area contributed by atoms with Crippen LogP contribution in [-0.2, 0) is 5.97 Å². The van der Waals surface area contributed by atoms with Crippen molar-refractivity contribution in [2.24, 2.45) is 0 Å². The van der Waals surface area contributed by atoms with Crippen LogP contribution in [0.3, 0.4) is 0 Å². The van der Waals surface area contributed by atoms with Crippen LogP contribution in [0.25, 0.3) is 21.8 Å². The molecule has 4 heteroatoms. The van der Waals surface area contributed by atoms with Crippen LogP contribution in [0.1, 0.15) is 11.1 Å². The Morgan fingerprint density at radius 3 is 2.39 bits per heavy atom. The minimum absolute atomic E-state index is 0.123. The summed E-state index contributed by atoms with van der Waals surface area (Å²) in [4.78, 5) is 3.18. The van der Waals surface area contributed by atoms with Crippen molar-refractivity contribution >= 4 is 21.8 Å². The maximum atomic E-state index is 9.54. The van der Waals surface area contributed by atoms with E-state index in [2.05, 4.69) is 4.98 Å². The van der Waals surface area contributed by atoms with Gasteiger partial charge in [-0.2, -0.15) is 0 Å². The number of hydrogen-bond acceptors (Lipinski definition) is 3. The second-order valence-electron chi connectivity index (χ2n) is 4.49. The predicted octanol–water partition coefficient (Wildman–Crippen LogP) is 1.72. The Kier molecular flexibility index (Phi) is 2.22. The summed E-state index contributed by atoms with van der Waals surface area (Å²) in [7, 11) is 0. The summed E-state index contributed by atoms with van der Waals surface area (Å²) in [5, 5.41) is 30.1. The van der Waals surface area contributed by atoms with Crippen molar-refractivity contribution in [1.82, 2.24) is 4.98 Å². The number of rotatable bonds is 1. The number of hydrogen-bond donors (Lipinski definition) is 4. The van der Waals surface area contributed by atoms with Gasteiger partial charge in [0.1, 0.15) is 0 Å². The van der Waals surface area contributed by atoms with E-state index in [1.807, 2.05) is 30.3 Å². The van der Waals surface area contributed by atoms with Crippen LogP contribution in [0.5, 0.6) is 0 Å². The van der Waals surface area contributed by atoms with E-state index in [0.717, 1.165) is 16.4 Å². The Labute approximate surface area is 103 Å². The number of aliphatic hydroxyl groups is 3. The van der Waals surface area contributed by atoms with Crippen LogP contribution in [0.2, 0.25) is 0 Å². The third-order valence-corrected chi connectivity index (χ3v) is 3.21. The number of aromatic amines is 1. The fraction of sp³-hybridized carbons (Fsp3) is 0.143. The van der Waals surface area contributed by atoms with Gasteiger partial charge in [-0.3, -0.25) is 0 Å². The molecule has 18 heavy (non-hydrogen) atoms. The van der Waals surface area contributed by atoms with Crippen LogP contribution < -0.4 is 0 Å². The van der Waals surface area contributed by atoms with Gasteiger partial charge in [0.2, 0.25) is 0 Å². The molecule has 0 aliphatic heterocycles. The number of nitrogens with one attached hydrogen (secondary N) is 1. The lowest BCUT2D eigenvalue weighted by atomic mass is 9.99. The van der Waals surface area contributed by atoms with E-state index < -0.39 is 5.97 Å². The Morgan fingerprint density at radius 1 is 0.944 bits per heavy atom. The van der Waals surface area contributed by atoms with E-state index in [1.165, 1.54) is 0 Å². The lowest BCUT2D eigenvalue weighted by Gasteiger charge is -2.18. The molecule has 1 heterocycles. The molecule has 4 N–H and O–H groups in total. The molecule has 0 radical (unpaired) electrons. The van der Waals surface area contributed by atoms with Gasteiger partial charge in [-0.1, -0.05) is 24.3 Å². The van der Waals surface area contributed by atoms with Crippen LogP contribution >= 0.6 is 0 Å². The van der Waals surface area contributed by atoms with Gasteiger partial charge in [0.15, 0.2) is 0 Å². The number of H-pyrrole nitrogens is 1. The number of fused-ring (bicyclic) bond motifs is 3. The molecule has 2 aromatic carbocycles. The van der Waals surface area contributed by atoms with Crippen molar-refractivity contribution in [1.29, 1.82) is 0 Å². The predicted molar refractivity (Wildman–Crippen MR) is 68.9 cm³/mol. The summed E-state index contributed by atoms with van der Waals surface area (Å²) in [6, 6.07) is 11.2. The quantitative estimate of drug-likeness (QED) is 0.491. The largest absolute Gasteiger partial charge is 0.354 e. The maximum Gasteiger partial charge on any atom is 0.305 e. The van der Waals surface area contributed by atoms with Gasteiger partial charge in [0, 0.05) is 21.8 Å². The Balaban J connectivity index is 2.57. The number of aryl methyl sites for hydroxylation is 1. The van der Waals surface area contributed by atoms with Gasteiger partial charge >= 0.3 is 5.97 Å². The molecule has 4 nitrogen and oxygen atoms in total. The van der Waals surface area contributed by atoms with Crippen molar-refractivity contribution in [3.05, 3.63) is 47.5 Å². The summed E-state index contributed by atoms with van der Waals surface area (Å²) in [5.41, 5.74) is 2.40. The van der Waals surface area contributed by atoms with E-state index in [1.54, 1.807) is 13.0 Å². The molecule has 0 aliphatic rings. The van der Waals surface area contributed by atoms with E-state index >= 15 is 0 Å². The molecule has 0 fully saturated rings. The molecule has 1 aromatic heterocycles. The summed E-state index contributed by atoms with van der Waals surface area (Å²) in [6.45, 7) is 1.73. The average molecular weight is 243 g/mol. The van der Waals surface area contributed by atoms with Crippen molar-refractivity contribution in [2.45, 2.75) is 12.9 Å². The van der Waals surface area contributed by atoms with Crippen molar-refractivity contribution < 1.29 is 15.3 Å². The molecule has 0 atom stereocenters. The lowest BCUT2D eigenvalue weighted by Crippen LogP contribution is -2.25. The van der Waals surface area contributed by atoms with Crippen LogP contribution in [0, 0.1) is 6.92 Å². The van der Waals surface area contributed by atoms with Crippen LogP contribution in [-0.4, -0.2) is 20.3 Å². The second kappa shape index (κ2) is 3.55. The van der Waals surface area contributed by atoms with E-state index in [0.29, 0.717) is 10.9 Å². The highest BCUT2D eigenvalue weighted by Gasteiger charge is 2.28. The number of aromatic nitrogens is 1. The second-order valence-corrected chi connectivity index (χ2v) is 4.49. The van der Waals surface area contributed by atoms with E-state index in [-0.39, 0.29) is 5.56 Å². The van der Waals surface area contributed by atoms with Crippen molar-refractivity contribution in [2.75, 3.05) is 0 Å². The Morgan fingerprint density at radius 2 is 1.67 bits per heavy atom. The summed E-state index contributed by atoms with van der Waals surface area (Å²) in [6.07, 6.45) is 0. The summed E-state index contributed by atoms with van der Waals surface area (Å²) < 4.78 is 0. The Hall–Kier alpha value is -1.88. The van der Waals surface area contributed by atoms with Gasteiger partial charge in [-0.25, -0.2) is 0 Å². The highest BCUT2D eigenvalue weighted by molar-refractivity contribution is 6.09. The molecule has 0 spiro atoms. The summed E-state index contributed by atoms with van der Waals surface area (Å²) in [5.74, 6) is -2.84. The van der Waals surface area contributed by atoms with Crippen molar-refractivity contribution in [3.63, 3.8) is 0 Å². The standard InChI is InChI=1S/C14H13NO3/c1-8-6-7-11-12(13(8)14(16,17)18)9-4-2-3-5-10(9)15-11/h2-7,15-18H,1H3. The molecule has 0 saturated heterocycles. The molecule has 0 aliphatic carbocycles. The highest BCUT2D eigenvalue weighted by Crippen LogP contribution is 2.34. The van der Waals surface area contributed by atoms with Gasteiger partial charge in [0.05, 0.1) is 5.56 Å². The lowest BCUT2D eigenvalue weighted by molar-refractivity contribution is -0.323. The first kappa shape index (κ1) is 11.2. The first-order valence-corrected chi connectivity index (χ1v) is 5.66. The van der Waals surface area contributed by atoms with Gasteiger partial charge in [-0.05, 0) is 24.6 Å². The van der Waals surface area contributed by atoms with Gasteiger partial charge in [0.25, 0.3) is 0 Å². The topological polar surface area (TPSA) is 76.5 Å². The molecule has 3 rings (SSSR count). The molecule has 0 amide bonds. The fourth-order valence-corrected chi connectivity index (χ4v) is 2.48. The van der Waals surface area contributed by atoms with Gasteiger partial charge < -0.3 is 20.3 Å². The number of para-hydroxylation sites is 1. The molecular weight excluding hydrogens is 230 g/mol. The average Bonchev–Trinajstić information content (AvgIpc) is 2.66. The van der Waals surface area contributed by atoms with Crippen LogP contribution in [0.15, 0.2) is 36.4 Å². The molecule has 0 bridgehead atoms. The highest BCUT2D eigenvalue weighted by atomic mass is 16.7. The van der Waals surface area contributed by atoms with E-state index in [4.69, 9.17) is 0 Å². The zero-order valence-corrected chi connectivity index (χ0v) is 9.81. The number of benzene rings is 2. The third-order valence-electron chi connectivity index (χ3n) is 3.21. The minimum atomic E-state index is -2.84. The molecule has 0 unspecified atom stereocenters.